The van der Waals surface area contributed by atoms with Crippen molar-refractivity contribution in [3.63, 3.8) is 0 Å². The molecule has 3 heterocycles. The van der Waals surface area contributed by atoms with E-state index in [-0.39, 0.29) is 36.2 Å². The van der Waals surface area contributed by atoms with Crippen molar-refractivity contribution in [2.24, 2.45) is 0 Å². The minimum absolute atomic E-state index is 0.0546. The molecule has 5 rings (SSSR count). The van der Waals surface area contributed by atoms with Gasteiger partial charge in [-0.05, 0) is 53.8 Å². The molecule has 0 bridgehead atoms. The Morgan fingerprint density at radius 1 is 0.886 bits per heavy atom. The summed E-state index contributed by atoms with van der Waals surface area (Å²) in [4.78, 5) is 28.8. The van der Waals surface area contributed by atoms with Gasteiger partial charge in [-0.2, -0.15) is 4.31 Å². The molecule has 3 aliphatic rings. The normalized spacial score (nSPS) is 17.9. The molecule has 1 fully saturated rings. The van der Waals surface area contributed by atoms with Gasteiger partial charge in [0, 0.05) is 39.1 Å². The van der Waals surface area contributed by atoms with Gasteiger partial charge in [0.1, 0.15) is 0 Å². The lowest BCUT2D eigenvalue weighted by atomic mass is 10.00. The van der Waals surface area contributed by atoms with Gasteiger partial charge >= 0.3 is 0 Å². The number of piperazine rings is 1. The van der Waals surface area contributed by atoms with Crippen LogP contribution in [0, 0.1) is 0 Å². The SMILES string of the molecule is COc1ccc(CC(=O)N2CCN(S(=O)(=O)c3cc4c5c(c3)CCN5C(=O)CC4)CC2)cc1OC. The zero-order valence-electron chi connectivity index (χ0n) is 20.0. The fourth-order valence-electron chi connectivity index (χ4n) is 5.18. The molecule has 0 atom stereocenters. The first kappa shape index (κ1) is 23.6. The second-order valence-corrected chi connectivity index (χ2v) is 11.0. The van der Waals surface area contributed by atoms with E-state index in [1.165, 1.54) is 4.31 Å². The van der Waals surface area contributed by atoms with E-state index in [4.69, 9.17) is 9.47 Å². The zero-order chi connectivity index (χ0) is 24.7. The van der Waals surface area contributed by atoms with Crippen LogP contribution in [0.2, 0.25) is 0 Å². The first-order chi connectivity index (χ1) is 16.8. The molecule has 2 aromatic rings. The predicted octanol–water partition coefficient (Wildman–Crippen LogP) is 1.61. The molecule has 2 amide bonds. The number of aryl methyl sites for hydroxylation is 1. The summed E-state index contributed by atoms with van der Waals surface area (Å²) in [5.74, 6) is 1.22. The monoisotopic (exact) mass is 499 g/mol. The molecule has 35 heavy (non-hydrogen) atoms. The second-order valence-electron chi connectivity index (χ2n) is 9.04. The molecule has 2 aromatic carbocycles. The summed E-state index contributed by atoms with van der Waals surface area (Å²) in [7, 11) is -0.576. The summed E-state index contributed by atoms with van der Waals surface area (Å²) in [6.45, 7) is 1.79. The maximum Gasteiger partial charge on any atom is 0.243 e. The van der Waals surface area contributed by atoms with Gasteiger partial charge in [-0.1, -0.05) is 6.07 Å². The second kappa shape index (κ2) is 9.16. The van der Waals surface area contributed by atoms with E-state index in [0.717, 1.165) is 22.4 Å². The van der Waals surface area contributed by atoms with Gasteiger partial charge < -0.3 is 19.3 Å². The summed E-state index contributed by atoms with van der Waals surface area (Å²) >= 11 is 0. The summed E-state index contributed by atoms with van der Waals surface area (Å²) in [6, 6.07) is 8.83. The number of hydrogen-bond acceptors (Lipinski definition) is 6. The molecule has 186 valence electrons. The Kier molecular flexibility index (Phi) is 6.18. The molecule has 1 saturated heterocycles. The number of benzene rings is 2. The number of carbonyl (C=O) groups is 2. The maximum absolute atomic E-state index is 13.4. The summed E-state index contributed by atoms with van der Waals surface area (Å²) in [5.41, 5.74) is 3.58. The number of carbonyl (C=O) groups excluding carboxylic acids is 2. The molecule has 0 aromatic heterocycles. The largest absolute Gasteiger partial charge is 0.493 e. The van der Waals surface area contributed by atoms with Crippen molar-refractivity contribution in [2.75, 3.05) is 51.8 Å². The number of ether oxygens (including phenoxy) is 2. The third-order valence-electron chi connectivity index (χ3n) is 7.06. The number of nitrogens with zero attached hydrogens (tertiary/aromatic N) is 3. The van der Waals surface area contributed by atoms with Crippen LogP contribution in [0.1, 0.15) is 23.1 Å². The summed E-state index contributed by atoms with van der Waals surface area (Å²) in [6.07, 6.45) is 1.86. The molecule has 0 radical (unpaired) electrons. The molecule has 0 unspecified atom stereocenters. The van der Waals surface area contributed by atoms with Gasteiger partial charge in [0.05, 0.1) is 31.2 Å². The Labute approximate surface area is 205 Å². The van der Waals surface area contributed by atoms with Crippen LogP contribution in [0.15, 0.2) is 35.2 Å². The van der Waals surface area contributed by atoms with E-state index < -0.39 is 10.0 Å². The van der Waals surface area contributed by atoms with Crippen LogP contribution in [-0.2, 0) is 38.9 Å². The first-order valence-electron chi connectivity index (χ1n) is 11.8. The van der Waals surface area contributed by atoms with Crippen molar-refractivity contribution in [2.45, 2.75) is 30.6 Å². The average Bonchev–Trinajstić information content (AvgIpc) is 3.31. The van der Waals surface area contributed by atoms with Gasteiger partial charge in [0.2, 0.25) is 21.8 Å². The lowest BCUT2D eigenvalue weighted by molar-refractivity contribution is -0.131. The van der Waals surface area contributed by atoms with Gasteiger partial charge in [-0.3, -0.25) is 9.59 Å². The topological polar surface area (TPSA) is 96.5 Å². The first-order valence-corrected chi connectivity index (χ1v) is 13.2. The van der Waals surface area contributed by atoms with Crippen LogP contribution in [-0.4, -0.2) is 76.4 Å². The molecular weight excluding hydrogens is 470 g/mol. The van der Waals surface area contributed by atoms with Crippen LogP contribution < -0.4 is 14.4 Å². The number of amides is 2. The van der Waals surface area contributed by atoms with Crippen LogP contribution in [0.4, 0.5) is 5.69 Å². The minimum atomic E-state index is -3.69. The Morgan fingerprint density at radius 2 is 1.57 bits per heavy atom. The van der Waals surface area contributed by atoms with Crippen molar-refractivity contribution >= 4 is 27.5 Å². The highest BCUT2D eigenvalue weighted by atomic mass is 32.2. The predicted molar refractivity (Wildman–Crippen MR) is 129 cm³/mol. The minimum Gasteiger partial charge on any atom is -0.493 e. The van der Waals surface area contributed by atoms with Crippen molar-refractivity contribution in [3.05, 3.63) is 47.0 Å². The lowest BCUT2D eigenvalue weighted by Gasteiger charge is -2.34. The van der Waals surface area contributed by atoms with Crippen LogP contribution in [0.3, 0.4) is 0 Å². The number of rotatable bonds is 6. The van der Waals surface area contributed by atoms with Gasteiger partial charge in [0.25, 0.3) is 0 Å². The highest BCUT2D eigenvalue weighted by Gasteiger charge is 2.35. The van der Waals surface area contributed by atoms with Crippen LogP contribution in [0.25, 0.3) is 0 Å². The molecule has 0 spiro atoms. The van der Waals surface area contributed by atoms with E-state index in [1.54, 1.807) is 48.3 Å². The highest BCUT2D eigenvalue weighted by Crippen LogP contribution is 2.39. The summed E-state index contributed by atoms with van der Waals surface area (Å²) < 4.78 is 38.9. The number of anilines is 1. The molecule has 0 aliphatic carbocycles. The molecule has 0 N–H and O–H groups in total. The van der Waals surface area contributed by atoms with E-state index in [2.05, 4.69) is 0 Å². The van der Waals surface area contributed by atoms with Crippen molar-refractivity contribution in [3.8, 4) is 11.5 Å². The van der Waals surface area contributed by atoms with Crippen molar-refractivity contribution in [1.82, 2.24) is 9.21 Å². The van der Waals surface area contributed by atoms with E-state index in [9.17, 15) is 18.0 Å². The highest BCUT2D eigenvalue weighted by molar-refractivity contribution is 7.89. The zero-order valence-corrected chi connectivity index (χ0v) is 20.8. The number of methoxy groups -OCH3 is 2. The molecule has 0 saturated carbocycles. The van der Waals surface area contributed by atoms with Gasteiger partial charge in [-0.15, -0.1) is 0 Å². The Balaban J connectivity index is 1.26. The quantitative estimate of drug-likeness (QED) is 0.599. The smallest absolute Gasteiger partial charge is 0.243 e. The van der Waals surface area contributed by atoms with Gasteiger partial charge in [0.15, 0.2) is 11.5 Å². The Hall–Kier alpha value is -3.11. The third kappa shape index (κ3) is 4.25. The average molecular weight is 500 g/mol. The number of sulfonamides is 1. The Morgan fingerprint density at radius 3 is 2.26 bits per heavy atom. The molecule has 10 heteroatoms. The third-order valence-corrected chi connectivity index (χ3v) is 8.93. The van der Waals surface area contributed by atoms with Crippen LogP contribution in [0.5, 0.6) is 11.5 Å². The van der Waals surface area contributed by atoms with Crippen LogP contribution >= 0.6 is 0 Å². The summed E-state index contributed by atoms with van der Waals surface area (Å²) in [5, 5.41) is 0. The van der Waals surface area contributed by atoms with Gasteiger partial charge in [-0.25, -0.2) is 8.42 Å². The standard InChI is InChI=1S/C25H29N3O6S/c1-33-21-5-3-17(13-22(21)34-2)14-24(30)26-9-11-27(12-10-26)35(31,32)20-15-18-4-6-23(29)28-8-7-19(16-20)25(18)28/h3,5,13,15-16H,4,6-12,14H2,1-2H3. The van der Waals surface area contributed by atoms with E-state index >= 15 is 0 Å². The number of hydrogen-bond donors (Lipinski definition) is 0. The fraction of sp³-hybridized carbons (Fsp3) is 0.440. The van der Waals surface area contributed by atoms with Crippen molar-refractivity contribution in [1.29, 1.82) is 0 Å². The Bertz CT molecular complexity index is 1280. The molecule has 9 nitrogen and oxygen atoms in total. The maximum atomic E-state index is 13.4. The van der Waals surface area contributed by atoms with E-state index in [0.29, 0.717) is 50.4 Å². The fourth-order valence-corrected chi connectivity index (χ4v) is 6.70. The van der Waals surface area contributed by atoms with Crippen molar-refractivity contribution < 1.29 is 27.5 Å². The molecular formula is C25H29N3O6S. The van der Waals surface area contributed by atoms with E-state index in [1.807, 2.05) is 6.07 Å². The lowest BCUT2D eigenvalue weighted by Crippen LogP contribution is -2.50. The molecule has 3 aliphatic heterocycles.